The lowest BCUT2D eigenvalue weighted by Gasteiger charge is -1.97. The Bertz CT molecular complexity index is 333. The fraction of sp³-hybridized carbons (Fsp3) is 0.125. The molecule has 0 saturated carbocycles. The van der Waals surface area contributed by atoms with Crippen LogP contribution in [0.2, 0.25) is 0 Å². The van der Waals surface area contributed by atoms with Crippen molar-refractivity contribution in [2.75, 3.05) is 0 Å². The number of rotatable bonds is 2. The van der Waals surface area contributed by atoms with Crippen LogP contribution >= 0.6 is 0 Å². The number of nitro groups is 1. The van der Waals surface area contributed by atoms with E-state index in [-0.39, 0.29) is 5.69 Å². The van der Waals surface area contributed by atoms with Crippen molar-refractivity contribution >= 4 is 12.0 Å². The molecule has 0 atom stereocenters. The lowest BCUT2D eigenvalue weighted by Crippen LogP contribution is -1.94. The second kappa shape index (κ2) is 3.13. The van der Waals surface area contributed by atoms with E-state index in [4.69, 9.17) is 0 Å². The van der Waals surface area contributed by atoms with Crippen molar-refractivity contribution in [3.63, 3.8) is 0 Å². The van der Waals surface area contributed by atoms with Crippen LogP contribution in [0.5, 0.6) is 0 Å². The van der Waals surface area contributed by atoms with Crippen LogP contribution in [0.4, 0.5) is 5.69 Å². The van der Waals surface area contributed by atoms with Gasteiger partial charge in [0, 0.05) is 17.2 Å². The monoisotopic (exact) mass is 164 g/mol. The van der Waals surface area contributed by atoms with Crippen molar-refractivity contribution in [3.8, 4) is 0 Å². The van der Waals surface area contributed by atoms with Gasteiger partial charge in [-0.2, -0.15) is 0 Å². The quantitative estimate of drug-likeness (QED) is 0.378. The van der Waals surface area contributed by atoms with Crippen molar-refractivity contribution in [3.05, 3.63) is 39.4 Å². The first-order valence-corrected chi connectivity index (χ1v) is 3.27. The summed E-state index contributed by atoms with van der Waals surface area (Å²) in [6.07, 6.45) is 0.582. The highest BCUT2D eigenvalue weighted by molar-refractivity contribution is 5.79. The number of hydrogen-bond acceptors (Lipinski definition) is 3. The number of aldehydes is 1. The van der Waals surface area contributed by atoms with E-state index in [1.54, 1.807) is 0 Å². The van der Waals surface area contributed by atoms with E-state index < -0.39 is 4.92 Å². The Morgan fingerprint density at radius 2 is 2.25 bits per heavy atom. The number of hydrogen-bond donors (Lipinski definition) is 0. The average molecular weight is 164 g/mol. The van der Waals surface area contributed by atoms with Gasteiger partial charge in [-0.15, -0.1) is 0 Å². The van der Waals surface area contributed by atoms with E-state index in [0.29, 0.717) is 17.4 Å². The zero-order valence-corrected chi connectivity index (χ0v) is 6.40. The molecule has 0 aliphatic carbocycles. The first kappa shape index (κ1) is 8.39. The molecule has 1 aromatic carbocycles. The normalized spacial score (nSPS) is 9.42. The molecule has 0 aliphatic heterocycles. The topological polar surface area (TPSA) is 60.2 Å². The zero-order chi connectivity index (χ0) is 9.14. The van der Waals surface area contributed by atoms with Crippen LogP contribution in [0.15, 0.2) is 12.1 Å². The molecule has 1 aromatic rings. The number of nitro benzene ring substituents is 1. The standard InChI is InChI=1S/C8H6NO3/c1-6-7(5-10)3-2-4-8(6)9(11)12/h3-5H,1H3. The van der Waals surface area contributed by atoms with Gasteiger partial charge in [0.05, 0.1) is 4.92 Å². The summed E-state index contributed by atoms with van der Waals surface area (Å²) in [6, 6.07) is 5.21. The molecular formula is C8H6NO3. The van der Waals surface area contributed by atoms with E-state index in [9.17, 15) is 14.9 Å². The summed E-state index contributed by atoms with van der Waals surface area (Å²) in [4.78, 5) is 20.2. The molecular weight excluding hydrogens is 158 g/mol. The van der Waals surface area contributed by atoms with Crippen LogP contribution in [0.25, 0.3) is 0 Å². The summed E-state index contributed by atoms with van der Waals surface area (Å²) in [7, 11) is 0. The van der Waals surface area contributed by atoms with Gasteiger partial charge in [-0.05, 0) is 19.1 Å². The summed E-state index contributed by atoms with van der Waals surface area (Å²) in [5.74, 6) is 0. The highest BCUT2D eigenvalue weighted by atomic mass is 16.6. The molecule has 0 bridgehead atoms. The van der Waals surface area contributed by atoms with Crippen LogP contribution < -0.4 is 0 Å². The van der Waals surface area contributed by atoms with Crippen molar-refractivity contribution in [1.29, 1.82) is 0 Å². The van der Waals surface area contributed by atoms with Gasteiger partial charge in [-0.1, -0.05) is 0 Å². The highest BCUT2D eigenvalue weighted by Crippen LogP contribution is 2.18. The van der Waals surface area contributed by atoms with Crippen LogP contribution in [-0.4, -0.2) is 11.2 Å². The van der Waals surface area contributed by atoms with Crippen LogP contribution in [-0.2, 0) is 0 Å². The third kappa shape index (κ3) is 1.32. The fourth-order valence-electron chi connectivity index (χ4n) is 0.887. The third-order valence-electron chi connectivity index (χ3n) is 1.60. The molecule has 4 heteroatoms. The fourth-order valence-corrected chi connectivity index (χ4v) is 0.887. The maximum absolute atomic E-state index is 10.4. The van der Waals surface area contributed by atoms with Crippen LogP contribution in [0.1, 0.15) is 15.9 Å². The van der Waals surface area contributed by atoms with Gasteiger partial charge in [0.1, 0.15) is 0 Å². The molecule has 0 saturated heterocycles. The summed E-state index contributed by atoms with van der Waals surface area (Å²) >= 11 is 0. The maximum Gasteiger partial charge on any atom is 0.273 e. The maximum atomic E-state index is 10.4. The van der Waals surface area contributed by atoms with E-state index in [2.05, 4.69) is 6.07 Å². The molecule has 0 fully saturated rings. The highest BCUT2D eigenvalue weighted by Gasteiger charge is 2.11. The minimum Gasteiger partial charge on any atom is -0.298 e. The Labute approximate surface area is 69.0 Å². The van der Waals surface area contributed by atoms with Gasteiger partial charge in [0.2, 0.25) is 0 Å². The molecule has 0 aromatic heterocycles. The zero-order valence-electron chi connectivity index (χ0n) is 6.40. The molecule has 1 radical (unpaired) electrons. The molecule has 0 amide bonds. The molecule has 0 spiro atoms. The molecule has 61 valence electrons. The van der Waals surface area contributed by atoms with E-state index in [0.717, 1.165) is 0 Å². The van der Waals surface area contributed by atoms with Gasteiger partial charge in [-0.3, -0.25) is 14.9 Å². The summed E-state index contributed by atoms with van der Waals surface area (Å²) < 4.78 is 0. The second-order valence-corrected chi connectivity index (χ2v) is 2.30. The lowest BCUT2D eigenvalue weighted by atomic mass is 10.1. The Balaban J connectivity index is 3.32. The minimum absolute atomic E-state index is 0.0698. The number of carbonyl (C=O) groups is 1. The SMILES string of the molecule is Cc1c(C=O)c[c]cc1[N+](=O)[O-]. The van der Waals surface area contributed by atoms with E-state index in [1.807, 2.05) is 0 Å². The summed E-state index contributed by atoms with van der Waals surface area (Å²) in [5.41, 5.74) is 0.623. The van der Waals surface area contributed by atoms with Gasteiger partial charge in [-0.25, -0.2) is 0 Å². The Kier molecular flexibility index (Phi) is 2.19. The average Bonchev–Trinajstić information content (AvgIpc) is 2.04. The first-order valence-electron chi connectivity index (χ1n) is 3.27. The number of carbonyl (C=O) groups excluding carboxylic acids is 1. The number of benzene rings is 1. The van der Waals surface area contributed by atoms with Crippen molar-refractivity contribution < 1.29 is 9.72 Å². The third-order valence-corrected chi connectivity index (χ3v) is 1.60. The van der Waals surface area contributed by atoms with Crippen molar-refractivity contribution in [2.45, 2.75) is 6.92 Å². The van der Waals surface area contributed by atoms with Gasteiger partial charge < -0.3 is 0 Å². The van der Waals surface area contributed by atoms with Crippen LogP contribution in [0.3, 0.4) is 0 Å². The lowest BCUT2D eigenvalue weighted by molar-refractivity contribution is -0.385. The molecule has 0 unspecified atom stereocenters. The molecule has 0 heterocycles. The minimum atomic E-state index is -0.529. The van der Waals surface area contributed by atoms with Crippen molar-refractivity contribution in [1.82, 2.24) is 0 Å². The van der Waals surface area contributed by atoms with Gasteiger partial charge >= 0.3 is 0 Å². The Morgan fingerprint density at radius 3 is 2.75 bits per heavy atom. The smallest absolute Gasteiger partial charge is 0.273 e. The Morgan fingerprint density at radius 1 is 1.58 bits per heavy atom. The molecule has 1 rings (SSSR count). The Hall–Kier alpha value is -1.71. The summed E-state index contributed by atoms with van der Waals surface area (Å²) in [5, 5.41) is 10.4. The first-order chi connectivity index (χ1) is 5.66. The van der Waals surface area contributed by atoms with E-state index in [1.165, 1.54) is 19.1 Å². The second-order valence-electron chi connectivity index (χ2n) is 2.30. The number of nitrogens with zero attached hydrogens (tertiary/aromatic N) is 1. The van der Waals surface area contributed by atoms with Crippen LogP contribution in [0, 0.1) is 23.1 Å². The summed E-state index contributed by atoms with van der Waals surface area (Å²) in [6.45, 7) is 1.54. The van der Waals surface area contributed by atoms with Gasteiger partial charge in [0.15, 0.2) is 6.29 Å². The molecule has 0 aliphatic rings. The largest absolute Gasteiger partial charge is 0.298 e. The predicted molar refractivity (Wildman–Crippen MR) is 42.1 cm³/mol. The van der Waals surface area contributed by atoms with E-state index >= 15 is 0 Å². The predicted octanol–water partition coefficient (Wildman–Crippen LogP) is 1.52. The molecule has 4 nitrogen and oxygen atoms in total. The van der Waals surface area contributed by atoms with Crippen molar-refractivity contribution in [2.24, 2.45) is 0 Å². The molecule has 12 heavy (non-hydrogen) atoms. The molecule has 0 N–H and O–H groups in total. The van der Waals surface area contributed by atoms with Gasteiger partial charge in [0.25, 0.3) is 5.69 Å².